The maximum Gasteiger partial charge on any atom is 0.248 e. The average Bonchev–Trinajstić information content (AvgIpc) is 2.30. The zero-order valence-electron chi connectivity index (χ0n) is 9.81. The van der Waals surface area contributed by atoms with Crippen LogP contribution >= 0.6 is 0 Å². The fourth-order valence-corrected chi connectivity index (χ4v) is 1.92. The summed E-state index contributed by atoms with van der Waals surface area (Å²) in [6.07, 6.45) is 0.737. The molecule has 0 saturated carbocycles. The van der Waals surface area contributed by atoms with Gasteiger partial charge in [0.25, 0.3) is 0 Å². The summed E-state index contributed by atoms with van der Waals surface area (Å²) in [5.74, 6) is -0.365. The number of rotatable bonds is 3. The lowest BCUT2D eigenvalue weighted by Gasteiger charge is -2.08. The lowest BCUT2D eigenvalue weighted by Crippen LogP contribution is -2.14. The molecular formula is C15H15NO. The number of hydrogen-bond acceptors (Lipinski definition) is 1. The first-order valence-electron chi connectivity index (χ1n) is 5.60. The number of benzene rings is 2. The van der Waals surface area contributed by atoms with Gasteiger partial charge in [-0.2, -0.15) is 0 Å². The van der Waals surface area contributed by atoms with Crippen molar-refractivity contribution in [3.05, 3.63) is 70.8 Å². The van der Waals surface area contributed by atoms with Crippen molar-refractivity contribution in [2.24, 2.45) is 5.73 Å². The lowest BCUT2D eigenvalue weighted by molar-refractivity contribution is 0.0999. The Morgan fingerprint density at radius 3 is 2.47 bits per heavy atom. The first-order valence-corrected chi connectivity index (χ1v) is 5.60. The first-order chi connectivity index (χ1) is 8.16. The van der Waals surface area contributed by atoms with Crippen molar-refractivity contribution in [2.75, 3.05) is 0 Å². The number of aryl methyl sites for hydroxylation is 1. The van der Waals surface area contributed by atoms with E-state index >= 15 is 0 Å². The van der Waals surface area contributed by atoms with E-state index in [0.29, 0.717) is 5.56 Å². The molecule has 0 aromatic heterocycles. The molecular weight excluding hydrogens is 210 g/mol. The first kappa shape index (κ1) is 11.4. The molecule has 2 nitrogen and oxygen atoms in total. The largest absolute Gasteiger partial charge is 0.366 e. The second kappa shape index (κ2) is 4.83. The van der Waals surface area contributed by atoms with Crippen LogP contribution in [0.1, 0.15) is 27.0 Å². The van der Waals surface area contributed by atoms with Crippen molar-refractivity contribution in [2.45, 2.75) is 13.3 Å². The highest BCUT2D eigenvalue weighted by Crippen LogP contribution is 2.16. The van der Waals surface area contributed by atoms with Crippen molar-refractivity contribution in [3.8, 4) is 0 Å². The van der Waals surface area contributed by atoms with Gasteiger partial charge in [0.15, 0.2) is 0 Å². The van der Waals surface area contributed by atoms with Crippen molar-refractivity contribution < 1.29 is 4.79 Å². The van der Waals surface area contributed by atoms with E-state index in [-0.39, 0.29) is 5.91 Å². The van der Waals surface area contributed by atoms with Crippen molar-refractivity contribution >= 4 is 5.91 Å². The summed E-state index contributed by atoms with van der Waals surface area (Å²) in [6, 6.07) is 15.8. The van der Waals surface area contributed by atoms with Gasteiger partial charge in [-0.1, -0.05) is 48.0 Å². The van der Waals surface area contributed by atoms with E-state index < -0.39 is 0 Å². The van der Waals surface area contributed by atoms with Crippen LogP contribution in [0.15, 0.2) is 48.5 Å². The number of nitrogens with two attached hydrogens (primary N) is 1. The Balaban J connectivity index is 2.37. The average molecular weight is 225 g/mol. The summed E-state index contributed by atoms with van der Waals surface area (Å²) < 4.78 is 0. The van der Waals surface area contributed by atoms with Gasteiger partial charge < -0.3 is 5.73 Å². The minimum absolute atomic E-state index is 0.365. The summed E-state index contributed by atoms with van der Waals surface area (Å²) in [4.78, 5) is 11.3. The zero-order chi connectivity index (χ0) is 12.3. The Labute approximate surface area is 101 Å². The highest BCUT2D eigenvalue weighted by Gasteiger charge is 2.08. The molecule has 2 aromatic rings. The Morgan fingerprint density at radius 2 is 1.82 bits per heavy atom. The minimum atomic E-state index is -0.365. The molecule has 2 N–H and O–H groups in total. The second-order valence-electron chi connectivity index (χ2n) is 4.19. The molecule has 0 heterocycles. The molecule has 0 aliphatic heterocycles. The monoisotopic (exact) mass is 225 g/mol. The van der Waals surface area contributed by atoms with Crippen LogP contribution in [-0.2, 0) is 6.42 Å². The van der Waals surface area contributed by atoms with Gasteiger partial charge in [-0.25, -0.2) is 0 Å². The fraction of sp³-hybridized carbons (Fsp3) is 0.133. The van der Waals surface area contributed by atoms with Crippen molar-refractivity contribution in [1.82, 2.24) is 0 Å². The minimum Gasteiger partial charge on any atom is -0.366 e. The Hall–Kier alpha value is -2.09. The molecule has 2 heteroatoms. The Kier molecular flexibility index (Phi) is 3.24. The Morgan fingerprint density at radius 1 is 1.12 bits per heavy atom. The number of primary amides is 1. The Bertz CT molecular complexity index is 532. The molecule has 0 spiro atoms. The van der Waals surface area contributed by atoms with Crippen LogP contribution in [0.2, 0.25) is 0 Å². The lowest BCUT2D eigenvalue weighted by atomic mass is 9.97. The summed E-state index contributed by atoms with van der Waals surface area (Å²) in [5, 5.41) is 0. The van der Waals surface area contributed by atoms with Gasteiger partial charge in [0.1, 0.15) is 0 Å². The number of carbonyl (C=O) groups excluding carboxylic acids is 1. The van der Waals surface area contributed by atoms with Gasteiger partial charge in [-0.3, -0.25) is 4.79 Å². The summed E-state index contributed by atoms with van der Waals surface area (Å²) in [5.41, 5.74) is 9.30. The van der Waals surface area contributed by atoms with Gasteiger partial charge in [0.2, 0.25) is 5.91 Å². The molecule has 17 heavy (non-hydrogen) atoms. The summed E-state index contributed by atoms with van der Waals surface area (Å²) in [7, 11) is 0. The molecule has 0 fully saturated rings. The third-order valence-corrected chi connectivity index (χ3v) is 2.76. The number of amides is 1. The van der Waals surface area contributed by atoms with E-state index in [1.807, 2.05) is 49.4 Å². The SMILES string of the molecule is Cc1ccc(C(N)=O)c(Cc2ccccc2)c1. The van der Waals surface area contributed by atoms with E-state index in [9.17, 15) is 4.79 Å². The van der Waals surface area contributed by atoms with Crippen molar-refractivity contribution in [1.29, 1.82) is 0 Å². The fourth-order valence-electron chi connectivity index (χ4n) is 1.92. The highest BCUT2D eigenvalue weighted by molar-refractivity contribution is 5.94. The molecule has 0 aliphatic carbocycles. The number of hydrogen-bond donors (Lipinski definition) is 1. The van der Waals surface area contributed by atoms with Gasteiger partial charge in [-0.15, -0.1) is 0 Å². The van der Waals surface area contributed by atoms with Crippen LogP contribution < -0.4 is 5.73 Å². The molecule has 0 aliphatic rings. The molecule has 0 saturated heterocycles. The van der Waals surface area contributed by atoms with Gasteiger partial charge in [0.05, 0.1) is 0 Å². The molecule has 0 atom stereocenters. The zero-order valence-corrected chi connectivity index (χ0v) is 9.81. The van der Waals surface area contributed by atoms with Crippen LogP contribution in [0.5, 0.6) is 0 Å². The van der Waals surface area contributed by atoms with Crippen LogP contribution in [0.25, 0.3) is 0 Å². The van der Waals surface area contributed by atoms with E-state index in [1.54, 1.807) is 6.07 Å². The third kappa shape index (κ3) is 2.72. The normalized spacial score (nSPS) is 10.2. The molecule has 86 valence electrons. The van der Waals surface area contributed by atoms with Crippen LogP contribution in [0, 0.1) is 6.92 Å². The topological polar surface area (TPSA) is 43.1 Å². The van der Waals surface area contributed by atoms with Crippen LogP contribution in [-0.4, -0.2) is 5.91 Å². The molecule has 2 aromatic carbocycles. The predicted molar refractivity (Wildman–Crippen MR) is 68.9 cm³/mol. The molecule has 1 amide bonds. The maximum absolute atomic E-state index is 11.3. The quantitative estimate of drug-likeness (QED) is 0.857. The highest BCUT2D eigenvalue weighted by atomic mass is 16.1. The standard InChI is InChI=1S/C15H15NO/c1-11-7-8-14(15(16)17)13(9-11)10-12-5-3-2-4-6-12/h2-9H,10H2,1H3,(H2,16,17). The van der Waals surface area contributed by atoms with E-state index in [4.69, 9.17) is 5.73 Å². The molecule has 0 unspecified atom stereocenters. The maximum atomic E-state index is 11.3. The molecule has 0 radical (unpaired) electrons. The van der Waals surface area contributed by atoms with Crippen molar-refractivity contribution in [3.63, 3.8) is 0 Å². The van der Waals surface area contributed by atoms with E-state index in [2.05, 4.69) is 0 Å². The van der Waals surface area contributed by atoms with E-state index in [0.717, 1.165) is 17.5 Å². The predicted octanol–water partition coefficient (Wildman–Crippen LogP) is 2.68. The van der Waals surface area contributed by atoms with Gasteiger partial charge in [-0.05, 0) is 30.5 Å². The molecule has 2 rings (SSSR count). The van der Waals surface area contributed by atoms with Crippen LogP contribution in [0.3, 0.4) is 0 Å². The third-order valence-electron chi connectivity index (χ3n) is 2.76. The molecule has 0 bridgehead atoms. The smallest absolute Gasteiger partial charge is 0.248 e. The number of carbonyl (C=O) groups is 1. The summed E-state index contributed by atoms with van der Waals surface area (Å²) >= 11 is 0. The summed E-state index contributed by atoms with van der Waals surface area (Å²) in [6.45, 7) is 2.01. The van der Waals surface area contributed by atoms with Crippen LogP contribution in [0.4, 0.5) is 0 Å². The second-order valence-corrected chi connectivity index (χ2v) is 4.19. The van der Waals surface area contributed by atoms with E-state index in [1.165, 1.54) is 5.56 Å². The van der Waals surface area contributed by atoms with Gasteiger partial charge in [0, 0.05) is 5.56 Å². The van der Waals surface area contributed by atoms with Gasteiger partial charge >= 0.3 is 0 Å².